The number of hydrogen-bond acceptors (Lipinski definition) is 3. The molecule has 0 fully saturated rings. The summed E-state index contributed by atoms with van der Waals surface area (Å²) < 4.78 is 13.1. The Morgan fingerprint density at radius 3 is 2.95 bits per heavy atom. The molecular formula is C15H14FNOS. The standard InChI is InChI=1S/C15H14FNOS/c1-17(14-6-2-5-13(16)9-14)10-15-8-12(11-19-15)4-3-7-18/h2,5-6,8-9,11,18H,7,10H2,1H3. The Kier molecular flexibility index (Phi) is 4.56. The first kappa shape index (κ1) is 13.6. The normalized spacial score (nSPS) is 9.84. The third kappa shape index (κ3) is 3.82. The molecule has 2 aromatic rings. The summed E-state index contributed by atoms with van der Waals surface area (Å²) in [6, 6.07) is 8.52. The molecule has 0 radical (unpaired) electrons. The van der Waals surface area contributed by atoms with Gasteiger partial charge in [-0.05, 0) is 24.3 Å². The molecule has 0 atom stereocenters. The van der Waals surface area contributed by atoms with Gasteiger partial charge in [-0.3, -0.25) is 0 Å². The maximum Gasteiger partial charge on any atom is 0.125 e. The van der Waals surface area contributed by atoms with Crippen molar-refractivity contribution < 1.29 is 9.50 Å². The average molecular weight is 275 g/mol. The topological polar surface area (TPSA) is 23.5 Å². The molecule has 0 aliphatic carbocycles. The van der Waals surface area contributed by atoms with Crippen molar-refractivity contribution in [2.75, 3.05) is 18.6 Å². The number of rotatable bonds is 3. The van der Waals surface area contributed by atoms with Crippen molar-refractivity contribution in [3.05, 3.63) is 52.0 Å². The molecule has 0 aliphatic rings. The minimum absolute atomic E-state index is 0.131. The zero-order chi connectivity index (χ0) is 13.7. The number of hydrogen-bond donors (Lipinski definition) is 1. The number of nitrogens with zero attached hydrogens (tertiary/aromatic N) is 1. The van der Waals surface area contributed by atoms with Crippen molar-refractivity contribution in [1.29, 1.82) is 0 Å². The average Bonchev–Trinajstić information content (AvgIpc) is 2.84. The molecule has 98 valence electrons. The van der Waals surface area contributed by atoms with Crippen LogP contribution in [0.25, 0.3) is 0 Å². The molecule has 0 spiro atoms. The van der Waals surface area contributed by atoms with E-state index in [1.165, 1.54) is 12.1 Å². The van der Waals surface area contributed by atoms with Crippen molar-refractivity contribution in [2.45, 2.75) is 6.54 Å². The molecule has 19 heavy (non-hydrogen) atoms. The van der Waals surface area contributed by atoms with E-state index >= 15 is 0 Å². The SMILES string of the molecule is CN(Cc1cc(C#CCO)cs1)c1cccc(F)c1. The smallest absolute Gasteiger partial charge is 0.125 e. The highest BCUT2D eigenvalue weighted by Crippen LogP contribution is 2.20. The fourth-order valence-electron chi connectivity index (χ4n) is 1.71. The second kappa shape index (κ2) is 6.37. The summed E-state index contributed by atoms with van der Waals surface area (Å²) in [5, 5.41) is 10.6. The Morgan fingerprint density at radius 2 is 2.21 bits per heavy atom. The second-order valence-corrected chi connectivity index (χ2v) is 5.09. The van der Waals surface area contributed by atoms with Crippen molar-refractivity contribution >= 4 is 17.0 Å². The summed E-state index contributed by atoms with van der Waals surface area (Å²) in [6.45, 7) is 0.573. The summed E-state index contributed by atoms with van der Waals surface area (Å²) >= 11 is 1.61. The van der Waals surface area contributed by atoms with E-state index in [2.05, 4.69) is 11.8 Å². The van der Waals surface area contributed by atoms with Crippen LogP contribution in [0.4, 0.5) is 10.1 Å². The minimum atomic E-state index is -0.231. The molecular weight excluding hydrogens is 261 g/mol. The predicted molar refractivity (Wildman–Crippen MR) is 76.8 cm³/mol. The van der Waals surface area contributed by atoms with Crippen LogP contribution in [-0.2, 0) is 6.54 Å². The molecule has 2 nitrogen and oxygen atoms in total. The molecule has 0 amide bonds. The molecule has 0 aliphatic heterocycles. The van der Waals surface area contributed by atoms with Gasteiger partial charge in [-0.25, -0.2) is 4.39 Å². The van der Waals surface area contributed by atoms with E-state index in [1.54, 1.807) is 17.4 Å². The van der Waals surface area contributed by atoms with Gasteiger partial charge in [0.2, 0.25) is 0 Å². The van der Waals surface area contributed by atoms with Crippen LogP contribution in [0, 0.1) is 17.7 Å². The van der Waals surface area contributed by atoms with E-state index in [1.807, 2.05) is 29.5 Å². The molecule has 0 unspecified atom stereocenters. The summed E-state index contributed by atoms with van der Waals surface area (Å²) in [6.07, 6.45) is 0. The number of aliphatic hydroxyl groups is 1. The number of thiophene rings is 1. The van der Waals surface area contributed by atoms with Crippen molar-refractivity contribution in [1.82, 2.24) is 0 Å². The van der Waals surface area contributed by atoms with Crippen molar-refractivity contribution in [3.8, 4) is 11.8 Å². The van der Waals surface area contributed by atoms with E-state index in [0.29, 0.717) is 6.54 Å². The fourth-order valence-corrected chi connectivity index (χ4v) is 2.58. The lowest BCUT2D eigenvalue weighted by Crippen LogP contribution is -2.15. The molecule has 2 rings (SSSR count). The van der Waals surface area contributed by atoms with Gasteiger partial charge in [0.15, 0.2) is 0 Å². The van der Waals surface area contributed by atoms with Crippen LogP contribution in [0.2, 0.25) is 0 Å². The van der Waals surface area contributed by atoms with Gasteiger partial charge < -0.3 is 10.0 Å². The largest absolute Gasteiger partial charge is 0.384 e. The zero-order valence-electron chi connectivity index (χ0n) is 10.6. The fraction of sp³-hybridized carbons (Fsp3) is 0.200. The highest BCUT2D eigenvalue weighted by Gasteiger charge is 2.05. The van der Waals surface area contributed by atoms with Gasteiger partial charge in [0.25, 0.3) is 0 Å². The van der Waals surface area contributed by atoms with Gasteiger partial charge >= 0.3 is 0 Å². The minimum Gasteiger partial charge on any atom is -0.384 e. The van der Waals surface area contributed by atoms with E-state index in [0.717, 1.165) is 16.1 Å². The molecule has 1 N–H and O–H groups in total. The van der Waals surface area contributed by atoms with E-state index in [9.17, 15) is 4.39 Å². The first-order chi connectivity index (χ1) is 9.19. The highest BCUT2D eigenvalue weighted by atomic mass is 32.1. The Balaban J connectivity index is 2.06. The molecule has 0 saturated heterocycles. The van der Waals surface area contributed by atoms with Gasteiger partial charge in [-0.2, -0.15) is 0 Å². The van der Waals surface area contributed by atoms with Crippen LogP contribution in [0.3, 0.4) is 0 Å². The molecule has 4 heteroatoms. The van der Waals surface area contributed by atoms with Crippen LogP contribution in [-0.4, -0.2) is 18.8 Å². The molecule has 0 bridgehead atoms. The van der Waals surface area contributed by atoms with Gasteiger partial charge in [0, 0.05) is 28.6 Å². The van der Waals surface area contributed by atoms with Crippen molar-refractivity contribution in [2.24, 2.45) is 0 Å². The van der Waals surface area contributed by atoms with Gasteiger partial charge in [-0.15, -0.1) is 11.3 Å². The summed E-state index contributed by atoms with van der Waals surface area (Å²) in [5.41, 5.74) is 1.75. The maximum atomic E-state index is 13.1. The quantitative estimate of drug-likeness (QED) is 0.871. The van der Waals surface area contributed by atoms with Gasteiger partial charge in [0.1, 0.15) is 12.4 Å². The predicted octanol–water partition coefficient (Wildman–Crippen LogP) is 2.87. The van der Waals surface area contributed by atoms with E-state index in [-0.39, 0.29) is 12.4 Å². The summed E-state index contributed by atoms with van der Waals surface area (Å²) in [4.78, 5) is 3.13. The Hall–Kier alpha value is -1.83. The lowest BCUT2D eigenvalue weighted by atomic mass is 10.2. The van der Waals surface area contributed by atoms with Crippen LogP contribution in [0.1, 0.15) is 10.4 Å². The van der Waals surface area contributed by atoms with Crippen LogP contribution in [0.5, 0.6) is 0 Å². The molecule has 0 saturated carbocycles. The monoisotopic (exact) mass is 275 g/mol. The van der Waals surface area contributed by atoms with Gasteiger partial charge in [-0.1, -0.05) is 17.9 Å². The number of benzene rings is 1. The Bertz CT molecular complexity index is 612. The highest BCUT2D eigenvalue weighted by molar-refractivity contribution is 7.10. The first-order valence-electron chi connectivity index (χ1n) is 5.83. The molecule has 1 aromatic carbocycles. The van der Waals surface area contributed by atoms with E-state index < -0.39 is 0 Å². The Labute approximate surface area is 116 Å². The first-order valence-corrected chi connectivity index (χ1v) is 6.71. The van der Waals surface area contributed by atoms with Crippen LogP contribution < -0.4 is 4.90 Å². The number of aliphatic hydroxyl groups excluding tert-OH is 1. The molecule has 1 heterocycles. The summed E-state index contributed by atoms with van der Waals surface area (Å²) in [5.74, 6) is 5.26. The molecule has 1 aromatic heterocycles. The Morgan fingerprint density at radius 1 is 1.37 bits per heavy atom. The maximum absolute atomic E-state index is 13.1. The number of halogens is 1. The van der Waals surface area contributed by atoms with Gasteiger partial charge in [0.05, 0.1) is 6.54 Å². The van der Waals surface area contributed by atoms with E-state index in [4.69, 9.17) is 5.11 Å². The summed E-state index contributed by atoms with van der Waals surface area (Å²) in [7, 11) is 1.92. The van der Waals surface area contributed by atoms with Crippen molar-refractivity contribution in [3.63, 3.8) is 0 Å². The third-order valence-electron chi connectivity index (χ3n) is 2.61. The lowest BCUT2D eigenvalue weighted by Gasteiger charge is -2.18. The second-order valence-electron chi connectivity index (χ2n) is 4.10. The van der Waals surface area contributed by atoms with Crippen LogP contribution in [0.15, 0.2) is 35.7 Å². The number of anilines is 1. The van der Waals surface area contributed by atoms with Crippen LogP contribution >= 0.6 is 11.3 Å². The third-order valence-corrected chi connectivity index (χ3v) is 3.53. The lowest BCUT2D eigenvalue weighted by molar-refractivity contribution is 0.350. The zero-order valence-corrected chi connectivity index (χ0v) is 11.4.